The topological polar surface area (TPSA) is 35.2 Å². The van der Waals surface area contributed by atoms with Crippen LogP contribution in [0.25, 0.3) is 0 Å². The van der Waals surface area contributed by atoms with Gasteiger partial charge < -0.3 is 10.5 Å². The smallest absolute Gasteiger partial charge is 0.165 e. The minimum atomic E-state index is -0.349. The van der Waals surface area contributed by atoms with Crippen LogP contribution < -0.4 is 10.5 Å². The fourth-order valence-corrected chi connectivity index (χ4v) is 1.55. The lowest BCUT2D eigenvalue weighted by molar-refractivity contribution is 0.384. The van der Waals surface area contributed by atoms with Gasteiger partial charge in [0.05, 0.1) is 7.11 Å². The molecule has 84 valence electrons. The van der Waals surface area contributed by atoms with Crippen molar-refractivity contribution < 1.29 is 9.13 Å². The standard InChI is InChI=1S/C12H18FNO/c1-8(2)6-11(14)9-4-5-10(13)12(7-9)15-3/h4-5,7-8,11H,6,14H2,1-3H3/t11-/m1/s1. The number of methoxy groups -OCH3 is 1. The van der Waals surface area contributed by atoms with Gasteiger partial charge in [0, 0.05) is 6.04 Å². The van der Waals surface area contributed by atoms with Crippen molar-refractivity contribution in [2.75, 3.05) is 7.11 Å². The van der Waals surface area contributed by atoms with Gasteiger partial charge in [0.25, 0.3) is 0 Å². The number of hydrogen-bond acceptors (Lipinski definition) is 2. The fraction of sp³-hybridized carbons (Fsp3) is 0.500. The van der Waals surface area contributed by atoms with Gasteiger partial charge >= 0.3 is 0 Å². The van der Waals surface area contributed by atoms with Crippen LogP contribution >= 0.6 is 0 Å². The van der Waals surface area contributed by atoms with E-state index in [-0.39, 0.29) is 17.6 Å². The first-order valence-electron chi connectivity index (χ1n) is 5.13. The summed E-state index contributed by atoms with van der Waals surface area (Å²) in [4.78, 5) is 0. The van der Waals surface area contributed by atoms with Crippen LogP contribution in [-0.4, -0.2) is 7.11 Å². The zero-order valence-electron chi connectivity index (χ0n) is 9.46. The van der Waals surface area contributed by atoms with Crippen LogP contribution in [0.15, 0.2) is 18.2 Å². The van der Waals surface area contributed by atoms with Crippen LogP contribution in [0.5, 0.6) is 5.75 Å². The molecule has 3 heteroatoms. The fourth-order valence-electron chi connectivity index (χ4n) is 1.55. The first kappa shape index (κ1) is 12.0. The molecule has 2 N–H and O–H groups in total. The first-order chi connectivity index (χ1) is 7.04. The van der Waals surface area contributed by atoms with Crippen LogP contribution in [0.3, 0.4) is 0 Å². The van der Waals surface area contributed by atoms with Gasteiger partial charge in [-0.1, -0.05) is 19.9 Å². The van der Waals surface area contributed by atoms with Gasteiger partial charge in [-0.15, -0.1) is 0 Å². The van der Waals surface area contributed by atoms with Gasteiger partial charge in [-0.3, -0.25) is 0 Å². The molecule has 0 saturated heterocycles. The van der Waals surface area contributed by atoms with Crippen LogP contribution in [0, 0.1) is 11.7 Å². The number of ether oxygens (including phenoxy) is 1. The monoisotopic (exact) mass is 211 g/mol. The minimum Gasteiger partial charge on any atom is -0.494 e. The first-order valence-corrected chi connectivity index (χ1v) is 5.13. The van der Waals surface area contributed by atoms with Crippen molar-refractivity contribution in [1.82, 2.24) is 0 Å². The molecular weight excluding hydrogens is 193 g/mol. The van der Waals surface area contributed by atoms with Gasteiger partial charge in [0.2, 0.25) is 0 Å². The Morgan fingerprint density at radius 2 is 2.07 bits per heavy atom. The van der Waals surface area contributed by atoms with E-state index in [2.05, 4.69) is 13.8 Å². The van der Waals surface area contributed by atoms with E-state index in [0.29, 0.717) is 5.92 Å². The number of halogens is 1. The molecule has 0 fully saturated rings. The summed E-state index contributed by atoms with van der Waals surface area (Å²) in [6.07, 6.45) is 0.884. The van der Waals surface area contributed by atoms with E-state index in [4.69, 9.17) is 10.5 Å². The predicted molar refractivity (Wildman–Crippen MR) is 59.3 cm³/mol. The van der Waals surface area contributed by atoms with Gasteiger partial charge in [-0.2, -0.15) is 0 Å². The van der Waals surface area contributed by atoms with Crippen molar-refractivity contribution in [1.29, 1.82) is 0 Å². The third-order valence-corrected chi connectivity index (χ3v) is 2.33. The summed E-state index contributed by atoms with van der Waals surface area (Å²) in [7, 11) is 1.45. The molecule has 0 unspecified atom stereocenters. The maximum absolute atomic E-state index is 13.1. The molecule has 0 radical (unpaired) electrons. The van der Waals surface area contributed by atoms with E-state index in [1.54, 1.807) is 12.1 Å². The Hall–Kier alpha value is -1.09. The molecule has 1 aromatic carbocycles. The Morgan fingerprint density at radius 3 is 2.60 bits per heavy atom. The van der Waals surface area contributed by atoms with Crippen molar-refractivity contribution >= 4 is 0 Å². The number of rotatable bonds is 4. The third-order valence-electron chi connectivity index (χ3n) is 2.33. The minimum absolute atomic E-state index is 0.0560. The maximum atomic E-state index is 13.1. The molecule has 2 nitrogen and oxygen atoms in total. The number of hydrogen-bond donors (Lipinski definition) is 1. The quantitative estimate of drug-likeness (QED) is 0.831. The second-order valence-electron chi connectivity index (χ2n) is 4.13. The van der Waals surface area contributed by atoms with Crippen molar-refractivity contribution in [3.8, 4) is 5.75 Å². The summed E-state index contributed by atoms with van der Waals surface area (Å²) in [5.41, 5.74) is 6.91. The summed E-state index contributed by atoms with van der Waals surface area (Å²) in [5, 5.41) is 0. The number of nitrogens with two attached hydrogens (primary N) is 1. The van der Waals surface area contributed by atoms with Crippen molar-refractivity contribution in [2.45, 2.75) is 26.3 Å². The summed E-state index contributed by atoms with van der Waals surface area (Å²) in [6, 6.07) is 4.72. The second-order valence-corrected chi connectivity index (χ2v) is 4.13. The summed E-state index contributed by atoms with van der Waals surface area (Å²) >= 11 is 0. The van der Waals surface area contributed by atoms with Crippen molar-refractivity contribution in [2.24, 2.45) is 11.7 Å². The SMILES string of the molecule is COc1cc([C@H](N)CC(C)C)ccc1F. The molecule has 0 saturated carbocycles. The highest BCUT2D eigenvalue weighted by molar-refractivity contribution is 5.32. The van der Waals surface area contributed by atoms with E-state index in [9.17, 15) is 4.39 Å². The number of benzene rings is 1. The average molecular weight is 211 g/mol. The van der Waals surface area contributed by atoms with E-state index >= 15 is 0 Å². The molecule has 15 heavy (non-hydrogen) atoms. The third kappa shape index (κ3) is 3.20. The van der Waals surface area contributed by atoms with E-state index in [0.717, 1.165) is 12.0 Å². The average Bonchev–Trinajstić information content (AvgIpc) is 2.17. The lowest BCUT2D eigenvalue weighted by atomic mass is 9.98. The van der Waals surface area contributed by atoms with Crippen LogP contribution in [0.2, 0.25) is 0 Å². The highest BCUT2D eigenvalue weighted by atomic mass is 19.1. The van der Waals surface area contributed by atoms with E-state index in [1.807, 2.05) is 0 Å². The lowest BCUT2D eigenvalue weighted by Gasteiger charge is -2.15. The molecule has 0 amide bonds. The summed E-state index contributed by atoms with van der Waals surface area (Å²) in [6.45, 7) is 4.22. The Bertz CT molecular complexity index is 325. The van der Waals surface area contributed by atoms with E-state index < -0.39 is 0 Å². The lowest BCUT2D eigenvalue weighted by Crippen LogP contribution is -2.13. The van der Waals surface area contributed by atoms with Crippen LogP contribution in [0.1, 0.15) is 31.9 Å². The van der Waals surface area contributed by atoms with Gasteiger partial charge in [0.15, 0.2) is 11.6 Å². The molecule has 0 bridgehead atoms. The second kappa shape index (κ2) is 5.12. The summed E-state index contributed by atoms with van der Waals surface area (Å²) < 4.78 is 18.0. The molecule has 0 aliphatic heterocycles. The zero-order valence-corrected chi connectivity index (χ0v) is 9.46. The molecular formula is C12H18FNO. The van der Waals surface area contributed by atoms with E-state index in [1.165, 1.54) is 13.2 Å². The molecule has 0 aliphatic rings. The normalized spacial score (nSPS) is 12.9. The van der Waals surface area contributed by atoms with Gasteiger partial charge in [0.1, 0.15) is 0 Å². The Kier molecular flexibility index (Phi) is 4.09. The van der Waals surface area contributed by atoms with Gasteiger partial charge in [-0.25, -0.2) is 4.39 Å². The Balaban J connectivity index is 2.85. The van der Waals surface area contributed by atoms with Crippen LogP contribution in [0.4, 0.5) is 4.39 Å². The molecule has 1 aromatic rings. The largest absolute Gasteiger partial charge is 0.494 e. The van der Waals surface area contributed by atoms with Crippen molar-refractivity contribution in [3.63, 3.8) is 0 Å². The molecule has 1 atom stereocenters. The Labute approximate surface area is 90.2 Å². The highest BCUT2D eigenvalue weighted by Gasteiger charge is 2.11. The predicted octanol–water partition coefficient (Wildman–Crippen LogP) is 2.88. The van der Waals surface area contributed by atoms with Gasteiger partial charge in [-0.05, 0) is 30.0 Å². The molecule has 0 spiro atoms. The van der Waals surface area contributed by atoms with Crippen LogP contribution in [-0.2, 0) is 0 Å². The molecule has 0 aromatic heterocycles. The summed E-state index contributed by atoms with van der Waals surface area (Å²) in [5.74, 6) is 0.431. The maximum Gasteiger partial charge on any atom is 0.165 e. The molecule has 0 heterocycles. The Morgan fingerprint density at radius 1 is 1.40 bits per heavy atom. The molecule has 1 rings (SSSR count). The van der Waals surface area contributed by atoms with Crippen molar-refractivity contribution in [3.05, 3.63) is 29.6 Å². The highest BCUT2D eigenvalue weighted by Crippen LogP contribution is 2.24. The zero-order chi connectivity index (χ0) is 11.4. The molecule has 0 aliphatic carbocycles.